The van der Waals surface area contributed by atoms with Crippen LogP contribution in [0.15, 0.2) is 34.8 Å². The maximum absolute atomic E-state index is 5.95. The molecule has 0 aromatic carbocycles. The summed E-state index contributed by atoms with van der Waals surface area (Å²) in [6, 6.07) is 0. The molecule has 2 atom stereocenters. The number of unbranched alkanes of at least 4 members (excludes halogenated alkanes) is 5. The molecule has 0 saturated carbocycles. The van der Waals surface area contributed by atoms with Crippen LogP contribution in [0, 0.1) is 11.8 Å². The second-order valence-corrected chi connectivity index (χ2v) is 9.75. The first-order valence-corrected chi connectivity index (χ1v) is 14.3. The van der Waals surface area contributed by atoms with E-state index in [1.54, 1.807) is 0 Å². The van der Waals surface area contributed by atoms with Gasteiger partial charge in [-0.3, -0.25) is 15.3 Å². The quantitative estimate of drug-likeness (QED) is 0.0664. The van der Waals surface area contributed by atoms with E-state index in [-0.39, 0.29) is 0 Å². The van der Waals surface area contributed by atoms with Gasteiger partial charge in [0.1, 0.15) is 0 Å². The largest absolute Gasteiger partial charge is 0.372 e. The first-order chi connectivity index (χ1) is 17.4. The van der Waals surface area contributed by atoms with Gasteiger partial charge < -0.3 is 27.4 Å². The molecule has 0 aliphatic carbocycles. The van der Waals surface area contributed by atoms with Crippen LogP contribution in [-0.4, -0.2) is 38.1 Å². The van der Waals surface area contributed by atoms with E-state index < -0.39 is 0 Å². The summed E-state index contributed by atoms with van der Waals surface area (Å²) in [5.41, 5.74) is 11.9. The van der Waals surface area contributed by atoms with Gasteiger partial charge in [-0.15, -0.1) is 0 Å². The van der Waals surface area contributed by atoms with Gasteiger partial charge in [0.25, 0.3) is 0 Å². The molecule has 0 amide bonds. The van der Waals surface area contributed by atoms with Crippen molar-refractivity contribution in [2.75, 3.05) is 26.2 Å². The van der Waals surface area contributed by atoms with Gasteiger partial charge in [-0.2, -0.15) is 0 Å². The van der Waals surface area contributed by atoms with Crippen LogP contribution in [0.5, 0.6) is 0 Å². The molecule has 0 aromatic heterocycles. The number of nitrogens with one attached hydrogen (secondary N) is 4. The van der Waals surface area contributed by atoms with Crippen LogP contribution in [0.25, 0.3) is 0 Å². The number of hydrogen-bond donors (Lipinski definition) is 6. The van der Waals surface area contributed by atoms with Crippen molar-refractivity contribution in [3.63, 3.8) is 0 Å². The number of nitrogens with two attached hydrogens (primary N) is 2. The lowest BCUT2D eigenvalue weighted by molar-refractivity contribution is 0.431. The summed E-state index contributed by atoms with van der Waals surface area (Å²) in [6.07, 6.45) is 14.0. The summed E-state index contributed by atoms with van der Waals surface area (Å²) in [7, 11) is 0. The van der Waals surface area contributed by atoms with Crippen LogP contribution >= 0.6 is 0 Å². The maximum Gasteiger partial charge on any atom is 0.195 e. The second-order valence-electron chi connectivity index (χ2n) is 9.75. The van der Waals surface area contributed by atoms with Crippen molar-refractivity contribution in [1.29, 1.82) is 0 Å². The minimum absolute atomic E-state index is 0.339. The Morgan fingerprint density at radius 3 is 1.92 bits per heavy atom. The average Bonchev–Trinajstić information content (AvgIpc) is 2.85. The molecule has 8 heteroatoms. The van der Waals surface area contributed by atoms with Crippen LogP contribution in [-0.2, 0) is 0 Å². The van der Waals surface area contributed by atoms with E-state index in [2.05, 4.69) is 72.1 Å². The third kappa shape index (κ3) is 19.9. The Hall–Kier alpha value is -2.38. The average molecular weight is 507 g/mol. The van der Waals surface area contributed by atoms with Gasteiger partial charge in [-0.1, -0.05) is 92.2 Å². The van der Waals surface area contributed by atoms with Gasteiger partial charge >= 0.3 is 0 Å². The zero-order valence-electron chi connectivity index (χ0n) is 23.9. The van der Waals surface area contributed by atoms with Crippen molar-refractivity contribution >= 4 is 11.9 Å². The van der Waals surface area contributed by atoms with Crippen molar-refractivity contribution < 1.29 is 0 Å². The third-order valence-electron chi connectivity index (χ3n) is 6.47. The monoisotopic (exact) mass is 506 g/mol. The number of guanidine groups is 2. The van der Waals surface area contributed by atoms with Crippen LogP contribution in [0.2, 0.25) is 0 Å². The minimum atomic E-state index is 0.339. The zero-order chi connectivity index (χ0) is 27.0. The number of hydrogen-bond acceptors (Lipinski definition) is 5. The first kappa shape index (κ1) is 33.6. The molecule has 0 heterocycles. The summed E-state index contributed by atoms with van der Waals surface area (Å²) in [4.78, 5) is 8.78. The summed E-state index contributed by atoms with van der Waals surface area (Å²) >= 11 is 0. The second kappa shape index (κ2) is 23.0. The topological polar surface area (TPSA) is 125 Å². The lowest BCUT2D eigenvalue weighted by atomic mass is 9.99. The van der Waals surface area contributed by atoms with Crippen molar-refractivity contribution in [1.82, 2.24) is 21.3 Å². The molecule has 0 spiro atoms. The molecule has 0 radical (unpaired) electrons. The Morgan fingerprint density at radius 1 is 0.694 bits per heavy atom. The van der Waals surface area contributed by atoms with E-state index in [0.29, 0.717) is 30.3 Å². The van der Waals surface area contributed by atoms with Gasteiger partial charge in [0.2, 0.25) is 0 Å². The van der Waals surface area contributed by atoms with Gasteiger partial charge in [0, 0.05) is 26.2 Å². The number of rotatable bonds is 23. The number of aliphatic imine (C=N–C) groups is 2. The lowest BCUT2D eigenvalue weighted by Crippen LogP contribution is -2.42. The molecule has 210 valence electrons. The molecule has 8 nitrogen and oxygen atoms in total. The predicted octanol–water partition coefficient (Wildman–Crippen LogP) is 4.91. The fraction of sp³-hybridized carbons (Fsp3) is 0.786. The van der Waals surface area contributed by atoms with Crippen molar-refractivity contribution in [3.8, 4) is 0 Å². The highest BCUT2D eigenvalue weighted by Crippen LogP contribution is 2.13. The molecule has 0 aliphatic rings. The first-order valence-electron chi connectivity index (χ1n) is 14.3. The van der Waals surface area contributed by atoms with E-state index in [1.165, 1.54) is 44.9 Å². The van der Waals surface area contributed by atoms with E-state index in [1.807, 2.05) is 0 Å². The third-order valence-corrected chi connectivity index (χ3v) is 6.47. The molecular formula is C28H58N8. The molecule has 0 aromatic rings. The van der Waals surface area contributed by atoms with Gasteiger partial charge in [-0.05, 0) is 37.5 Å². The SMILES string of the molecule is C=C(NCCCCCCN=C(N)NC(N)=NCC(CC)CCCC)NC(=C)NCC(CC)CCCC. The van der Waals surface area contributed by atoms with Crippen LogP contribution < -0.4 is 32.7 Å². The zero-order valence-corrected chi connectivity index (χ0v) is 23.9. The van der Waals surface area contributed by atoms with E-state index in [0.717, 1.165) is 63.4 Å². The molecular weight excluding hydrogens is 448 g/mol. The van der Waals surface area contributed by atoms with Crippen molar-refractivity contribution in [2.45, 2.75) is 105 Å². The standard InChI is InChI=1S/C28H58N8/c1-7-11-17-25(9-3)21-33-24(6)35-23(5)31-19-15-13-14-16-20-32-27(29)36-28(30)34-22-26(10-4)18-12-8-2/h25-26,31,33,35H,5-22H2,1-4H3,(H5,29,30,32,34,36). The van der Waals surface area contributed by atoms with Crippen LogP contribution in [0.1, 0.15) is 105 Å². The van der Waals surface area contributed by atoms with E-state index in [9.17, 15) is 0 Å². The molecule has 2 unspecified atom stereocenters. The molecule has 0 bridgehead atoms. The maximum atomic E-state index is 5.95. The molecule has 0 fully saturated rings. The van der Waals surface area contributed by atoms with Gasteiger partial charge in [0.15, 0.2) is 11.9 Å². The predicted molar refractivity (Wildman–Crippen MR) is 159 cm³/mol. The molecule has 0 aliphatic heterocycles. The summed E-state index contributed by atoms with van der Waals surface area (Å²) in [5.74, 6) is 3.55. The van der Waals surface area contributed by atoms with Crippen LogP contribution in [0.3, 0.4) is 0 Å². The Kier molecular flexibility index (Phi) is 21.5. The molecule has 8 N–H and O–H groups in total. The van der Waals surface area contributed by atoms with Gasteiger partial charge in [0.05, 0.1) is 11.6 Å². The van der Waals surface area contributed by atoms with Gasteiger partial charge in [-0.25, -0.2) is 0 Å². The highest BCUT2D eigenvalue weighted by Gasteiger charge is 2.07. The van der Waals surface area contributed by atoms with Crippen molar-refractivity contribution in [3.05, 3.63) is 24.8 Å². The van der Waals surface area contributed by atoms with Crippen LogP contribution in [0.4, 0.5) is 0 Å². The molecule has 0 rings (SSSR count). The Bertz CT molecular complexity index is 629. The normalized spacial score (nSPS) is 13.7. The fourth-order valence-electron chi connectivity index (χ4n) is 3.87. The lowest BCUT2D eigenvalue weighted by Gasteiger charge is -2.19. The Balaban J connectivity index is 3.88. The summed E-state index contributed by atoms with van der Waals surface area (Å²) in [6.45, 7) is 20.3. The smallest absolute Gasteiger partial charge is 0.195 e. The Morgan fingerprint density at radius 2 is 1.28 bits per heavy atom. The summed E-state index contributed by atoms with van der Waals surface area (Å²) < 4.78 is 0. The molecule has 0 saturated heterocycles. The van der Waals surface area contributed by atoms with Crippen molar-refractivity contribution in [2.24, 2.45) is 33.3 Å². The highest BCUT2D eigenvalue weighted by molar-refractivity contribution is 5.97. The fourth-order valence-corrected chi connectivity index (χ4v) is 3.87. The van der Waals surface area contributed by atoms with E-state index in [4.69, 9.17) is 11.5 Å². The minimum Gasteiger partial charge on any atom is -0.372 e. The summed E-state index contributed by atoms with van der Waals surface area (Å²) in [5, 5.41) is 12.8. The highest BCUT2D eigenvalue weighted by atomic mass is 15.2. The number of nitrogens with zero attached hydrogens (tertiary/aromatic N) is 2. The Labute approximate surface area is 222 Å². The molecule has 36 heavy (non-hydrogen) atoms. The van der Waals surface area contributed by atoms with E-state index >= 15 is 0 Å².